The monoisotopic (exact) mass is 447 g/mol. The summed E-state index contributed by atoms with van der Waals surface area (Å²) in [5.41, 5.74) is 2.41. The van der Waals surface area contributed by atoms with Crippen molar-refractivity contribution < 1.29 is 19.1 Å². The number of rotatable bonds is 9. The molecule has 1 N–H and O–H groups in total. The van der Waals surface area contributed by atoms with Gasteiger partial charge in [-0.25, -0.2) is 0 Å². The van der Waals surface area contributed by atoms with Gasteiger partial charge < -0.3 is 19.3 Å². The Hall–Kier alpha value is -3.45. The van der Waals surface area contributed by atoms with Crippen molar-refractivity contribution in [2.45, 2.75) is 33.2 Å². The number of hydrogen-bond donors (Lipinski definition) is 1. The molecule has 0 radical (unpaired) electrons. The zero-order valence-corrected chi connectivity index (χ0v) is 19.2. The maximum atomic E-state index is 13.5. The molecule has 0 fully saturated rings. The van der Waals surface area contributed by atoms with Crippen molar-refractivity contribution in [2.75, 3.05) is 26.2 Å². The number of carbonyl (C=O) groups excluding carboxylic acids is 2. The van der Waals surface area contributed by atoms with Crippen LogP contribution in [0.4, 0.5) is 0 Å². The molecule has 7 heteroatoms. The molecule has 1 unspecified atom stereocenters. The van der Waals surface area contributed by atoms with Crippen LogP contribution in [0.1, 0.15) is 48.0 Å². The van der Waals surface area contributed by atoms with E-state index in [0.717, 1.165) is 42.6 Å². The molecular formula is C26H29N3O4. The van der Waals surface area contributed by atoms with Crippen LogP contribution in [0.5, 0.6) is 0 Å². The summed E-state index contributed by atoms with van der Waals surface area (Å²) in [6, 6.07) is 10.2. The van der Waals surface area contributed by atoms with Gasteiger partial charge in [0, 0.05) is 24.3 Å². The van der Waals surface area contributed by atoms with Crippen molar-refractivity contribution in [3.8, 4) is 0 Å². The topological polar surface area (TPSA) is 86.9 Å². The van der Waals surface area contributed by atoms with E-state index in [0.29, 0.717) is 12.1 Å². The number of hydrogen-bond acceptors (Lipinski definition) is 6. The number of furan rings is 1. The van der Waals surface area contributed by atoms with Gasteiger partial charge in [-0.1, -0.05) is 25.5 Å². The van der Waals surface area contributed by atoms with Crippen molar-refractivity contribution in [1.82, 2.24) is 14.8 Å². The molecular weight excluding hydrogens is 418 g/mol. The number of pyridine rings is 1. The highest BCUT2D eigenvalue weighted by Gasteiger charge is 2.44. The summed E-state index contributed by atoms with van der Waals surface area (Å²) in [6.45, 7) is 9.27. The normalized spacial score (nSPS) is 16.4. The molecule has 4 rings (SSSR count). The van der Waals surface area contributed by atoms with Crippen LogP contribution in [0, 0.1) is 6.92 Å². The lowest BCUT2D eigenvalue weighted by Gasteiger charge is -2.27. The van der Waals surface area contributed by atoms with Crippen LogP contribution < -0.4 is 0 Å². The van der Waals surface area contributed by atoms with Gasteiger partial charge in [-0.2, -0.15) is 0 Å². The number of fused-ring (bicyclic) bond motifs is 1. The molecule has 172 valence electrons. The SMILES string of the molecule is CCN(CC)CCCN1C(=O)C(O)=C(C(=O)c2cc3cc(C)ccc3o2)C1c1ccncc1. The van der Waals surface area contributed by atoms with Gasteiger partial charge in [0.1, 0.15) is 5.58 Å². The first-order chi connectivity index (χ1) is 15.9. The third-order valence-corrected chi connectivity index (χ3v) is 6.23. The van der Waals surface area contributed by atoms with E-state index in [4.69, 9.17) is 4.42 Å². The van der Waals surface area contributed by atoms with Crippen LogP contribution in [0.2, 0.25) is 0 Å². The van der Waals surface area contributed by atoms with E-state index in [2.05, 4.69) is 23.7 Å². The lowest BCUT2D eigenvalue weighted by molar-refractivity contribution is -0.129. The van der Waals surface area contributed by atoms with Gasteiger partial charge in [0.15, 0.2) is 11.5 Å². The lowest BCUT2D eigenvalue weighted by Crippen LogP contribution is -2.34. The number of ketones is 1. The number of Topliss-reactive ketones (excluding diaryl/α,β-unsaturated/α-hetero) is 1. The zero-order chi connectivity index (χ0) is 23.5. The average Bonchev–Trinajstić information content (AvgIpc) is 3.36. The second kappa shape index (κ2) is 9.58. The van der Waals surface area contributed by atoms with Crippen molar-refractivity contribution in [1.29, 1.82) is 0 Å². The molecule has 1 amide bonds. The molecule has 3 heterocycles. The number of nitrogens with zero attached hydrogens (tertiary/aromatic N) is 3. The van der Waals surface area contributed by atoms with E-state index in [1.54, 1.807) is 35.5 Å². The summed E-state index contributed by atoms with van der Waals surface area (Å²) in [4.78, 5) is 34.5. The minimum Gasteiger partial charge on any atom is -0.503 e. The van der Waals surface area contributed by atoms with Gasteiger partial charge >= 0.3 is 0 Å². The maximum absolute atomic E-state index is 13.5. The maximum Gasteiger partial charge on any atom is 0.290 e. The third kappa shape index (κ3) is 4.41. The van der Waals surface area contributed by atoms with E-state index in [-0.39, 0.29) is 11.3 Å². The Balaban J connectivity index is 1.68. The first-order valence-corrected chi connectivity index (χ1v) is 11.4. The summed E-state index contributed by atoms with van der Waals surface area (Å²) >= 11 is 0. The summed E-state index contributed by atoms with van der Waals surface area (Å²) in [7, 11) is 0. The minimum absolute atomic E-state index is 0.0461. The van der Waals surface area contributed by atoms with E-state index in [9.17, 15) is 14.7 Å². The highest BCUT2D eigenvalue weighted by molar-refractivity contribution is 6.16. The fourth-order valence-electron chi connectivity index (χ4n) is 4.42. The number of carbonyl (C=O) groups is 2. The van der Waals surface area contributed by atoms with Gasteiger partial charge in [-0.3, -0.25) is 14.6 Å². The number of aliphatic hydroxyl groups excluding tert-OH is 1. The Morgan fingerprint density at radius 3 is 2.58 bits per heavy atom. The highest BCUT2D eigenvalue weighted by Crippen LogP contribution is 2.39. The molecule has 33 heavy (non-hydrogen) atoms. The molecule has 1 aliphatic heterocycles. The molecule has 7 nitrogen and oxygen atoms in total. The Bertz CT molecular complexity index is 1190. The lowest BCUT2D eigenvalue weighted by atomic mass is 9.95. The predicted molar refractivity (Wildman–Crippen MR) is 126 cm³/mol. The van der Waals surface area contributed by atoms with E-state index >= 15 is 0 Å². The number of amides is 1. The highest BCUT2D eigenvalue weighted by atomic mass is 16.3. The summed E-state index contributed by atoms with van der Waals surface area (Å²) in [5, 5.41) is 11.6. The molecule has 0 bridgehead atoms. The van der Waals surface area contributed by atoms with Gasteiger partial charge in [0.2, 0.25) is 5.78 Å². The van der Waals surface area contributed by atoms with E-state index < -0.39 is 23.5 Å². The molecule has 1 aliphatic rings. The summed E-state index contributed by atoms with van der Waals surface area (Å²) in [5.74, 6) is -1.43. The third-order valence-electron chi connectivity index (χ3n) is 6.23. The molecule has 2 aromatic heterocycles. The molecule has 0 saturated heterocycles. The molecule has 3 aromatic rings. The van der Waals surface area contributed by atoms with Crippen LogP contribution in [0.15, 0.2) is 64.5 Å². The van der Waals surface area contributed by atoms with Crippen molar-refractivity contribution >= 4 is 22.7 Å². The smallest absolute Gasteiger partial charge is 0.290 e. The second-order valence-corrected chi connectivity index (χ2v) is 8.31. The predicted octanol–water partition coefficient (Wildman–Crippen LogP) is 4.45. The summed E-state index contributed by atoms with van der Waals surface area (Å²) in [6.07, 6.45) is 3.97. The van der Waals surface area contributed by atoms with Crippen molar-refractivity contribution in [3.63, 3.8) is 0 Å². The Morgan fingerprint density at radius 2 is 1.88 bits per heavy atom. The van der Waals surface area contributed by atoms with E-state index in [1.807, 2.05) is 25.1 Å². The first-order valence-electron chi connectivity index (χ1n) is 11.4. The van der Waals surface area contributed by atoms with Crippen molar-refractivity contribution in [3.05, 3.63) is 77.0 Å². The Kier molecular flexibility index (Phi) is 6.60. The van der Waals surface area contributed by atoms with Gasteiger partial charge in [-0.15, -0.1) is 0 Å². The Labute approximate surface area is 193 Å². The van der Waals surface area contributed by atoms with Gasteiger partial charge in [-0.05, 0) is 68.9 Å². The number of benzene rings is 1. The van der Waals surface area contributed by atoms with Crippen LogP contribution in [-0.4, -0.2) is 57.8 Å². The summed E-state index contributed by atoms with van der Waals surface area (Å²) < 4.78 is 5.80. The molecule has 1 aromatic carbocycles. The largest absolute Gasteiger partial charge is 0.503 e. The van der Waals surface area contributed by atoms with Gasteiger partial charge in [0.25, 0.3) is 5.91 Å². The van der Waals surface area contributed by atoms with E-state index in [1.165, 1.54) is 0 Å². The van der Waals surface area contributed by atoms with Gasteiger partial charge in [0.05, 0.1) is 11.6 Å². The fourth-order valence-corrected chi connectivity index (χ4v) is 4.42. The standard InChI is InChI=1S/C26H29N3O4/c1-4-28(5-2)13-6-14-29-23(18-9-11-27-12-10-18)22(25(31)26(29)32)24(30)21-16-19-15-17(3)7-8-20(19)33-21/h7-12,15-16,23,31H,4-6,13-14H2,1-3H3. The number of aliphatic hydroxyl groups is 1. The van der Waals surface area contributed by atoms with Crippen molar-refractivity contribution in [2.24, 2.45) is 0 Å². The zero-order valence-electron chi connectivity index (χ0n) is 19.2. The van der Waals surface area contributed by atoms with Crippen LogP contribution in [0.25, 0.3) is 11.0 Å². The quantitative estimate of drug-likeness (QED) is 0.488. The van der Waals surface area contributed by atoms with Crippen LogP contribution in [0.3, 0.4) is 0 Å². The van der Waals surface area contributed by atoms with Crippen LogP contribution in [-0.2, 0) is 4.79 Å². The first kappa shape index (κ1) is 22.7. The van der Waals surface area contributed by atoms with Crippen LogP contribution >= 0.6 is 0 Å². The molecule has 0 aliphatic carbocycles. The number of aromatic nitrogens is 1. The average molecular weight is 448 g/mol. The minimum atomic E-state index is -0.695. The Morgan fingerprint density at radius 1 is 1.15 bits per heavy atom. The molecule has 0 saturated carbocycles. The fraction of sp³-hybridized carbons (Fsp3) is 0.346. The number of aryl methyl sites for hydroxylation is 1. The molecule has 0 spiro atoms. The molecule has 1 atom stereocenters. The second-order valence-electron chi connectivity index (χ2n) is 8.31.